The van der Waals surface area contributed by atoms with Crippen LogP contribution in [0.1, 0.15) is 27.2 Å². The van der Waals surface area contributed by atoms with E-state index in [9.17, 15) is 9.59 Å². The SMILES string of the molecule is CCC(C)C(C)C(=O)NC(COC)C(=O)O. The van der Waals surface area contributed by atoms with E-state index in [1.807, 2.05) is 13.8 Å². The molecule has 0 spiro atoms. The zero-order chi connectivity index (χ0) is 12.7. The number of carbonyl (C=O) groups is 2. The summed E-state index contributed by atoms with van der Waals surface area (Å²) in [5.41, 5.74) is 0. The van der Waals surface area contributed by atoms with Gasteiger partial charge in [0.25, 0.3) is 0 Å². The lowest BCUT2D eigenvalue weighted by Crippen LogP contribution is -2.46. The number of carboxylic acid groups (broad SMARTS) is 1. The topological polar surface area (TPSA) is 75.6 Å². The van der Waals surface area contributed by atoms with Crippen molar-refractivity contribution in [3.63, 3.8) is 0 Å². The van der Waals surface area contributed by atoms with Gasteiger partial charge in [0.05, 0.1) is 6.61 Å². The van der Waals surface area contributed by atoms with Crippen LogP contribution >= 0.6 is 0 Å². The molecule has 0 aliphatic rings. The molecule has 2 N–H and O–H groups in total. The Bertz CT molecular complexity index is 242. The Morgan fingerprint density at radius 2 is 1.94 bits per heavy atom. The highest BCUT2D eigenvalue weighted by molar-refractivity contribution is 5.85. The monoisotopic (exact) mass is 231 g/mol. The van der Waals surface area contributed by atoms with Crippen molar-refractivity contribution in [2.24, 2.45) is 11.8 Å². The van der Waals surface area contributed by atoms with Crippen LogP contribution in [0.2, 0.25) is 0 Å². The fourth-order valence-corrected chi connectivity index (χ4v) is 1.26. The minimum Gasteiger partial charge on any atom is -0.480 e. The second-order valence-corrected chi connectivity index (χ2v) is 4.03. The maximum atomic E-state index is 11.7. The van der Waals surface area contributed by atoms with Gasteiger partial charge in [0.1, 0.15) is 0 Å². The number of carboxylic acids is 1. The lowest BCUT2D eigenvalue weighted by Gasteiger charge is -2.20. The van der Waals surface area contributed by atoms with Gasteiger partial charge in [-0.3, -0.25) is 4.79 Å². The van der Waals surface area contributed by atoms with E-state index in [1.165, 1.54) is 7.11 Å². The van der Waals surface area contributed by atoms with Crippen LogP contribution in [0, 0.1) is 11.8 Å². The fourth-order valence-electron chi connectivity index (χ4n) is 1.26. The summed E-state index contributed by atoms with van der Waals surface area (Å²) in [7, 11) is 1.40. The smallest absolute Gasteiger partial charge is 0.328 e. The van der Waals surface area contributed by atoms with Crippen LogP contribution in [0.25, 0.3) is 0 Å². The number of aliphatic carboxylic acids is 1. The maximum Gasteiger partial charge on any atom is 0.328 e. The standard InChI is InChI=1S/C11H21NO4/c1-5-7(2)8(3)10(13)12-9(6-16-4)11(14)15/h7-9H,5-6H2,1-4H3,(H,12,13)(H,14,15). The van der Waals surface area contributed by atoms with Gasteiger partial charge in [0.15, 0.2) is 6.04 Å². The number of amides is 1. The molecule has 5 heteroatoms. The zero-order valence-electron chi connectivity index (χ0n) is 10.3. The van der Waals surface area contributed by atoms with Crippen molar-refractivity contribution >= 4 is 11.9 Å². The van der Waals surface area contributed by atoms with Crippen molar-refractivity contribution in [1.29, 1.82) is 0 Å². The van der Waals surface area contributed by atoms with Gasteiger partial charge in [-0.25, -0.2) is 4.79 Å². The normalized spacial score (nSPS) is 16.2. The van der Waals surface area contributed by atoms with E-state index >= 15 is 0 Å². The molecule has 94 valence electrons. The quantitative estimate of drug-likeness (QED) is 0.682. The van der Waals surface area contributed by atoms with Crippen LogP contribution in [0.4, 0.5) is 0 Å². The summed E-state index contributed by atoms with van der Waals surface area (Å²) >= 11 is 0. The van der Waals surface area contributed by atoms with Crippen molar-refractivity contribution in [2.75, 3.05) is 13.7 Å². The average Bonchev–Trinajstić information content (AvgIpc) is 2.25. The van der Waals surface area contributed by atoms with Gasteiger partial charge in [-0.15, -0.1) is 0 Å². The molecule has 0 saturated carbocycles. The third-order valence-corrected chi connectivity index (χ3v) is 2.86. The summed E-state index contributed by atoms with van der Waals surface area (Å²) in [6.07, 6.45) is 0.886. The number of methoxy groups -OCH3 is 1. The first-order valence-electron chi connectivity index (χ1n) is 5.46. The maximum absolute atomic E-state index is 11.7. The van der Waals surface area contributed by atoms with Gasteiger partial charge < -0.3 is 15.2 Å². The Kier molecular flexibility index (Phi) is 6.72. The number of ether oxygens (including phenoxy) is 1. The fraction of sp³-hybridized carbons (Fsp3) is 0.818. The molecule has 5 nitrogen and oxygen atoms in total. The van der Waals surface area contributed by atoms with E-state index in [-0.39, 0.29) is 24.3 Å². The van der Waals surface area contributed by atoms with E-state index in [4.69, 9.17) is 9.84 Å². The van der Waals surface area contributed by atoms with Crippen LogP contribution < -0.4 is 5.32 Å². The molecule has 0 rings (SSSR count). The van der Waals surface area contributed by atoms with Crippen LogP contribution in [0.15, 0.2) is 0 Å². The zero-order valence-corrected chi connectivity index (χ0v) is 10.3. The predicted octanol–water partition coefficient (Wildman–Crippen LogP) is 0.884. The molecule has 16 heavy (non-hydrogen) atoms. The molecule has 0 aromatic rings. The van der Waals surface area contributed by atoms with Gasteiger partial charge in [-0.05, 0) is 5.92 Å². The minimum atomic E-state index is -1.08. The van der Waals surface area contributed by atoms with Crippen LogP contribution in [-0.2, 0) is 14.3 Å². The molecule has 3 atom stereocenters. The number of carbonyl (C=O) groups excluding carboxylic acids is 1. The van der Waals surface area contributed by atoms with Crippen molar-refractivity contribution in [2.45, 2.75) is 33.2 Å². The van der Waals surface area contributed by atoms with Gasteiger partial charge in [0.2, 0.25) is 5.91 Å². The molecule has 0 heterocycles. The van der Waals surface area contributed by atoms with Gasteiger partial charge >= 0.3 is 5.97 Å². The summed E-state index contributed by atoms with van der Waals surface area (Å²) in [5.74, 6) is -1.27. The first-order valence-corrected chi connectivity index (χ1v) is 5.46. The number of hydrogen-bond acceptors (Lipinski definition) is 3. The predicted molar refractivity (Wildman–Crippen MR) is 60.1 cm³/mol. The summed E-state index contributed by atoms with van der Waals surface area (Å²) in [6.45, 7) is 5.75. The molecule has 1 amide bonds. The summed E-state index contributed by atoms with van der Waals surface area (Å²) < 4.78 is 4.74. The van der Waals surface area contributed by atoms with Gasteiger partial charge in [-0.1, -0.05) is 27.2 Å². The number of hydrogen-bond donors (Lipinski definition) is 2. The minimum absolute atomic E-state index is 0.0195. The van der Waals surface area contributed by atoms with E-state index in [1.54, 1.807) is 6.92 Å². The third-order valence-electron chi connectivity index (χ3n) is 2.86. The molecule has 0 aromatic carbocycles. The summed E-state index contributed by atoms with van der Waals surface area (Å²) in [4.78, 5) is 22.5. The Balaban J connectivity index is 4.34. The van der Waals surface area contributed by atoms with Crippen molar-refractivity contribution in [1.82, 2.24) is 5.32 Å². The molecule has 0 aliphatic heterocycles. The molecule has 0 aliphatic carbocycles. The molecule has 0 fully saturated rings. The van der Waals surface area contributed by atoms with E-state index < -0.39 is 12.0 Å². The van der Waals surface area contributed by atoms with E-state index in [0.717, 1.165) is 6.42 Å². The highest BCUT2D eigenvalue weighted by atomic mass is 16.5. The molecule has 0 saturated heterocycles. The highest BCUT2D eigenvalue weighted by Crippen LogP contribution is 2.14. The molecule has 0 radical (unpaired) electrons. The lowest BCUT2D eigenvalue weighted by molar-refractivity contribution is -0.144. The third kappa shape index (κ3) is 4.61. The number of rotatable bonds is 7. The highest BCUT2D eigenvalue weighted by Gasteiger charge is 2.25. The Morgan fingerprint density at radius 3 is 2.31 bits per heavy atom. The van der Waals surface area contributed by atoms with E-state index in [0.29, 0.717) is 0 Å². The molecule has 0 bridgehead atoms. The van der Waals surface area contributed by atoms with Crippen molar-refractivity contribution in [3.05, 3.63) is 0 Å². The second kappa shape index (κ2) is 7.22. The second-order valence-electron chi connectivity index (χ2n) is 4.03. The van der Waals surface area contributed by atoms with Crippen LogP contribution in [0.5, 0.6) is 0 Å². The van der Waals surface area contributed by atoms with Gasteiger partial charge in [0, 0.05) is 13.0 Å². The van der Waals surface area contributed by atoms with Crippen molar-refractivity contribution in [3.8, 4) is 0 Å². The summed E-state index contributed by atoms with van der Waals surface area (Å²) in [6, 6.07) is -0.969. The van der Waals surface area contributed by atoms with E-state index in [2.05, 4.69) is 5.32 Å². The summed E-state index contributed by atoms with van der Waals surface area (Å²) in [5, 5.41) is 11.3. The Labute approximate surface area is 96.2 Å². The van der Waals surface area contributed by atoms with Crippen LogP contribution in [0.3, 0.4) is 0 Å². The molecular formula is C11H21NO4. The average molecular weight is 231 g/mol. The Morgan fingerprint density at radius 1 is 1.38 bits per heavy atom. The van der Waals surface area contributed by atoms with Gasteiger partial charge in [-0.2, -0.15) is 0 Å². The number of nitrogens with one attached hydrogen (secondary N) is 1. The lowest BCUT2D eigenvalue weighted by atomic mass is 9.92. The molecule has 3 unspecified atom stereocenters. The molecule has 0 aromatic heterocycles. The van der Waals surface area contributed by atoms with Crippen molar-refractivity contribution < 1.29 is 19.4 Å². The Hall–Kier alpha value is -1.10. The molecular weight excluding hydrogens is 210 g/mol. The first-order chi connectivity index (χ1) is 7.43. The van der Waals surface area contributed by atoms with Crippen LogP contribution in [-0.4, -0.2) is 36.7 Å². The first kappa shape index (κ1) is 14.9. The largest absolute Gasteiger partial charge is 0.480 e.